The number of aromatic nitrogens is 2. The summed E-state index contributed by atoms with van der Waals surface area (Å²) in [7, 11) is 0. The zero-order chi connectivity index (χ0) is 16.6. The van der Waals surface area contributed by atoms with Crippen molar-refractivity contribution >= 4 is 11.9 Å². The molecule has 3 heterocycles. The summed E-state index contributed by atoms with van der Waals surface area (Å²) in [5.74, 6) is 2.75. The van der Waals surface area contributed by atoms with E-state index in [2.05, 4.69) is 32.0 Å². The third kappa shape index (κ3) is 4.24. The number of rotatable bonds is 5. The molecule has 128 valence electrons. The Morgan fingerprint density at radius 3 is 2.67 bits per heavy atom. The van der Waals surface area contributed by atoms with Gasteiger partial charge in [-0.15, -0.1) is 0 Å². The molecule has 24 heavy (non-hydrogen) atoms. The number of furan rings is 1. The fraction of sp³-hybridized carbons (Fsp3) is 0.471. The Labute approximate surface area is 142 Å². The number of anilines is 1. The average molecular weight is 328 g/mol. The first-order chi connectivity index (χ1) is 11.9. The maximum Gasteiger partial charge on any atom is 0.225 e. The molecule has 7 nitrogen and oxygen atoms in total. The van der Waals surface area contributed by atoms with Gasteiger partial charge in [0.2, 0.25) is 5.95 Å². The van der Waals surface area contributed by atoms with Crippen molar-refractivity contribution in [1.82, 2.24) is 20.2 Å². The summed E-state index contributed by atoms with van der Waals surface area (Å²) in [6.45, 7) is 7.28. The number of guanidine groups is 1. The van der Waals surface area contributed by atoms with Crippen LogP contribution >= 0.6 is 0 Å². The normalized spacial score (nSPS) is 15.6. The minimum Gasteiger partial charge on any atom is -0.469 e. The topological polar surface area (TPSA) is 69.8 Å². The van der Waals surface area contributed by atoms with Gasteiger partial charge < -0.3 is 19.5 Å². The SMILES string of the molecule is CCNC(=NCCc1ccco1)N1CCN(c2ncccn2)CC1. The molecule has 2 aromatic rings. The third-order valence-electron chi connectivity index (χ3n) is 3.95. The van der Waals surface area contributed by atoms with Crippen molar-refractivity contribution < 1.29 is 4.42 Å². The minimum atomic E-state index is 0.720. The van der Waals surface area contributed by atoms with Crippen LogP contribution in [0.25, 0.3) is 0 Å². The van der Waals surface area contributed by atoms with Crippen LogP contribution < -0.4 is 10.2 Å². The summed E-state index contributed by atoms with van der Waals surface area (Å²) in [5.41, 5.74) is 0. The van der Waals surface area contributed by atoms with Crippen molar-refractivity contribution in [2.75, 3.05) is 44.2 Å². The van der Waals surface area contributed by atoms with Gasteiger partial charge in [-0.2, -0.15) is 0 Å². The molecular formula is C17H24N6O. The molecule has 1 N–H and O–H groups in total. The number of nitrogens with one attached hydrogen (secondary N) is 1. The maximum absolute atomic E-state index is 5.36. The minimum absolute atomic E-state index is 0.720. The molecule has 0 unspecified atom stereocenters. The van der Waals surface area contributed by atoms with Crippen LogP contribution in [0.15, 0.2) is 46.3 Å². The van der Waals surface area contributed by atoms with Crippen LogP contribution in [0, 0.1) is 0 Å². The molecule has 0 amide bonds. The molecule has 1 fully saturated rings. The Kier molecular flexibility index (Phi) is 5.65. The molecule has 0 atom stereocenters. The van der Waals surface area contributed by atoms with E-state index in [9.17, 15) is 0 Å². The van der Waals surface area contributed by atoms with Gasteiger partial charge in [0.25, 0.3) is 0 Å². The molecular weight excluding hydrogens is 304 g/mol. The van der Waals surface area contributed by atoms with Crippen LogP contribution in [0.5, 0.6) is 0 Å². The number of piperazine rings is 1. The lowest BCUT2D eigenvalue weighted by atomic mass is 10.3. The zero-order valence-electron chi connectivity index (χ0n) is 14.1. The van der Waals surface area contributed by atoms with E-state index in [1.807, 2.05) is 18.2 Å². The predicted octanol–water partition coefficient (Wildman–Crippen LogP) is 1.40. The van der Waals surface area contributed by atoms with Crippen molar-refractivity contribution in [3.8, 4) is 0 Å². The molecule has 0 aliphatic carbocycles. The van der Waals surface area contributed by atoms with Crippen LogP contribution in [-0.4, -0.2) is 60.1 Å². The molecule has 1 saturated heterocycles. The second kappa shape index (κ2) is 8.33. The number of hydrogen-bond donors (Lipinski definition) is 1. The van der Waals surface area contributed by atoms with Crippen LogP contribution in [0.4, 0.5) is 5.95 Å². The third-order valence-corrected chi connectivity index (χ3v) is 3.95. The maximum atomic E-state index is 5.36. The molecule has 0 radical (unpaired) electrons. The molecule has 7 heteroatoms. The first-order valence-corrected chi connectivity index (χ1v) is 8.44. The van der Waals surface area contributed by atoms with Crippen LogP contribution in [-0.2, 0) is 6.42 Å². The molecule has 0 spiro atoms. The lowest BCUT2D eigenvalue weighted by molar-refractivity contribution is 0.370. The van der Waals surface area contributed by atoms with Gasteiger partial charge in [-0.1, -0.05) is 0 Å². The predicted molar refractivity (Wildman–Crippen MR) is 94.2 cm³/mol. The van der Waals surface area contributed by atoms with Crippen molar-refractivity contribution in [3.63, 3.8) is 0 Å². The van der Waals surface area contributed by atoms with E-state index in [4.69, 9.17) is 9.41 Å². The van der Waals surface area contributed by atoms with Crippen molar-refractivity contribution in [2.45, 2.75) is 13.3 Å². The van der Waals surface area contributed by atoms with Gasteiger partial charge in [0.05, 0.1) is 6.26 Å². The average Bonchev–Trinajstić information content (AvgIpc) is 3.15. The fourth-order valence-corrected chi connectivity index (χ4v) is 2.73. The molecule has 1 aliphatic heterocycles. The van der Waals surface area contributed by atoms with Gasteiger partial charge in [0, 0.05) is 58.1 Å². The van der Waals surface area contributed by atoms with Gasteiger partial charge in [-0.05, 0) is 25.1 Å². The highest BCUT2D eigenvalue weighted by Crippen LogP contribution is 2.10. The van der Waals surface area contributed by atoms with E-state index >= 15 is 0 Å². The van der Waals surface area contributed by atoms with Gasteiger partial charge in [0.1, 0.15) is 5.76 Å². The Balaban J connectivity index is 1.55. The van der Waals surface area contributed by atoms with Crippen molar-refractivity contribution in [1.29, 1.82) is 0 Å². The van der Waals surface area contributed by atoms with Gasteiger partial charge in [-0.25, -0.2) is 9.97 Å². The molecule has 0 saturated carbocycles. The second-order valence-electron chi connectivity index (χ2n) is 5.59. The first kappa shape index (κ1) is 16.3. The lowest BCUT2D eigenvalue weighted by Crippen LogP contribution is -2.53. The van der Waals surface area contributed by atoms with E-state index in [0.29, 0.717) is 0 Å². The summed E-state index contributed by atoms with van der Waals surface area (Å²) < 4.78 is 5.36. The highest BCUT2D eigenvalue weighted by molar-refractivity contribution is 5.80. The summed E-state index contributed by atoms with van der Waals surface area (Å²) in [6, 6.07) is 5.74. The smallest absolute Gasteiger partial charge is 0.225 e. The van der Waals surface area contributed by atoms with Crippen LogP contribution in [0.1, 0.15) is 12.7 Å². The monoisotopic (exact) mass is 328 g/mol. The van der Waals surface area contributed by atoms with Gasteiger partial charge in [0.15, 0.2) is 5.96 Å². The number of hydrogen-bond acceptors (Lipinski definition) is 5. The Hall–Kier alpha value is -2.57. The summed E-state index contributed by atoms with van der Waals surface area (Å²) in [6.07, 6.45) is 6.10. The number of aliphatic imine (C=N–C) groups is 1. The number of nitrogens with zero attached hydrogens (tertiary/aromatic N) is 5. The Morgan fingerprint density at radius 2 is 2.00 bits per heavy atom. The largest absolute Gasteiger partial charge is 0.469 e. The Bertz CT molecular complexity index is 620. The molecule has 0 aromatic carbocycles. The molecule has 0 bridgehead atoms. The standard InChI is InChI=1S/C17H24N6O/c1-2-18-16(21-9-6-15-5-3-14-24-15)22-10-12-23(13-11-22)17-19-7-4-8-20-17/h3-5,7-8,14H,2,6,9-13H2,1H3,(H,18,21). The van der Waals surface area contributed by atoms with E-state index in [0.717, 1.165) is 63.4 Å². The van der Waals surface area contributed by atoms with E-state index in [-0.39, 0.29) is 0 Å². The summed E-state index contributed by atoms with van der Waals surface area (Å²) in [4.78, 5) is 17.9. The van der Waals surface area contributed by atoms with Gasteiger partial charge in [-0.3, -0.25) is 4.99 Å². The highest BCUT2D eigenvalue weighted by atomic mass is 16.3. The summed E-state index contributed by atoms with van der Waals surface area (Å²) in [5, 5.41) is 3.38. The van der Waals surface area contributed by atoms with E-state index in [1.165, 1.54) is 0 Å². The molecule has 2 aromatic heterocycles. The zero-order valence-corrected chi connectivity index (χ0v) is 14.1. The summed E-state index contributed by atoms with van der Waals surface area (Å²) >= 11 is 0. The molecule has 3 rings (SSSR count). The first-order valence-electron chi connectivity index (χ1n) is 8.44. The lowest BCUT2D eigenvalue weighted by Gasteiger charge is -2.36. The fourth-order valence-electron chi connectivity index (χ4n) is 2.73. The van der Waals surface area contributed by atoms with Crippen molar-refractivity contribution in [3.05, 3.63) is 42.6 Å². The Morgan fingerprint density at radius 1 is 1.21 bits per heavy atom. The van der Waals surface area contributed by atoms with Crippen molar-refractivity contribution in [2.24, 2.45) is 4.99 Å². The highest BCUT2D eigenvalue weighted by Gasteiger charge is 2.20. The quantitative estimate of drug-likeness (QED) is 0.661. The van der Waals surface area contributed by atoms with E-state index < -0.39 is 0 Å². The molecule has 1 aliphatic rings. The van der Waals surface area contributed by atoms with Gasteiger partial charge >= 0.3 is 0 Å². The second-order valence-corrected chi connectivity index (χ2v) is 5.59. The van der Waals surface area contributed by atoms with Crippen LogP contribution in [0.2, 0.25) is 0 Å². The van der Waals surface area contributed by atoms with E-state index in [1.54, 1.807) is 18.7 Å². The van der Waals surface area contributed by atoms with Crippen LogP contribution in [0.3, 0.4) is 0 Å².